The first-order chi connectivity index (χ1) is 14.7. The number of nitrogens with one attached hydrogen (secondary N) is 2. The maximum atomic E-state index is 12.5. The van der Waals surface area contributed by atoms with Crippen LogP contribution in [0.3, 0.4) is 0 Å². The predicted octanol–water partition coefficient (Wildman–Crippen LogP) is 2.38. The Morgan fingerprint density at radius 1 is 1.10 bits per heavy atom. The largest absolute Gasteiger partial charge is 0.497 e. The summed E-state index contributed by atoms with van der Waals surface area (Å²) in [6.07, 6.45) is 1.05. The number of hydrogen-bond acceptors (Lipinski definition) is 5. The van der Waals surface area contributed by atoms with Gasteiger partial charge in [0, 0.05) is 44.7 Å². The highest BCUT2D eigenvalue weighted by atomic mass is 16.5. The van der Waals surface area contributed by atoms with Crippen LogP contribution in [0.4, 0.5) is 4.79 Å². The van der Waals surface area contributed by atoms with Crippen molar-refractivity contribution in [1.29, 1.82) is 0 Å². The van der Waals surface area contributed by atoms with E-state index in [1.807, 2.05) is 24.3 Å². The van der Waals surface area contributed by atoms with Gasteiger partial charge in [-0.15, -0.1) is 0 Å². The fourth-order valence-electron chi connectivity index (χ4n) is 4.31. The van der Waals surface area contributed by atoms with E-state index in [9.17, 15) is 4.79 Å². The monoisotopic (exact) mass is 413 g/mol. The highest BCUT2D eigenvalue weighted by Gasteiger charge is 2.31. The van der Waals surface area contributed by atoms with Crippen LogP contribution >= 0.6 is 0 Å². The Labute approximate surface area is 177 Å². The van der Waals surface area contributed by atoms with Crippen LogP contribution in [0.15, 0.2) is 36.4 Å². The summed E-state index contributed by atoms with van der Waals surface area (Å²) in [6, 6.07) is 12.3. The van der Waals surface area contributed by atoms with Crippen LogP contribution in [0.5, 0.6) is 5.75 Å². The molecule has 2 aromatic rings. The van der Waals surface area contributed by atoms with Crippen molar-refractivity contribution in [3.8, 4) is 5.75 Å². The molecule has 0 unspecified atom stereocenters. The highest BCUT2D eigenvalue weighted by molar-refractivity contribution is 5.84. The number of carbonyl (C=O) groups excluding carboxylic acids is 1. The van der Waals surface area contributed by atoms with E-state index in [1.54, 1.807) is 7.11 Å². The second-order valence-corrected chi connectivity index (χ2v) is 7.95. The van der Waals surface area contributed by atoms with Gasteiger partial charge in [0.25, 0.3) is 0 Å². The molecule has 2 atom stereocenters. The summed E-state index contributed by atoms with van der Waals surface area (Å²) >= 11 is 0. The van der Waals surface area contributed by atoms with Crippen molar-refractivity contribution in [1.82, 2.24) is 15.5 Å². The van der Waals surface area contributed by atoms with Crippen molar-refractivity contribution in [3.63, 3.8) is 0 Å². The van der Waals surface area contributed by atoms with Gasteiger partial charge in [-0.05, 0) is 41.0 Å². The molecule has 2 aromatic carbocycles. The Morgan fingerprint density at radius 3 is 2.67 bits per heavy atom. The third kappa shape index (κ3) is 5.22. The summed E-state index contributed by atoms with van der Waals surface area (Å²) < 4.78 is 16.4. The number of rotatable bonds is 7. The molecule has 0 aromatic heterocycles. The second-order valence-electron chi connectivity index (χ2n) is 7.95. The molecule has 0 saturated carbocycles. The third-order valence-electron chi connectivity index (χ3n) is 6.06. The van der Waals surface area contributed by atoms with E-state index < -0.39 is 0 Å². The molecule has 2 fully saturated rings. The third-order valence-corrected chi connectivity index (χ3v) is 6.06. The van der Waals surface area contributed by atoms with Crippen molar-refractivity contribution >= 4 is 16.8 Å². The summed E-state index contributed by atoms with van der Waals surface area (Å²) in [5.74, 6) is 1.30. The average molecular weight is 414 g/mol. The quantitative estimate of drug-likeness (QED) is 0.729. The van der Waals surface area contributed by atoms with Gasteiger partial charge in [0.2, 0.25) is 0 Å². The van der Waals surface area contributed by atoms with Gasteiger partial charge in [0.1, 0.15) is 5.75 Å². The molecule has 7 nitrogen and oxygen atoms in total. The van der Waals surface area contributed by atoms with Gasteiger partial charge >= 0.3 is 6.03 Å². The Balaban J connectivity index is 1.30. The predicted molar refractivity (Wildman–Crippen MR) is 116 cm³/mol. The number of hydrogen-bond donors (Lipinski definition) is 2. The number of carbonyl (C=O) groups is 1. The van der Waals surface area contributed by atoms with Crippen molar-refractivity contribution in [2.45, 2.75) is 19.0 Å². The van der Waals surface area contributed by atoms with E-state index in [1.165, 1.54) is 0 Å². The van der Waals surface area contributed by atoms with E-state index in [0.717, 1.165) is 68.0 Å². The summed E-state index contributed by atoms with van der Waals surface area (Å²) in [4.78, 5) is 14.9. The molecule has 0 spiro atoms. The summed E-state index contributed by atoms with van der Waals surface area (Å²) in [7, 11) is 1.67. The Kier molecular flexibility index (Phi) is 7.04. The SMILES string of the molecule is COc1ccc2cc(CNC(=O)NC[C@H]([C@H]3CCOC3)N3CCOCC3)ccc2c1. The Morgan fingerprint density at radius 2 is 1.90 bits per heavy atom. The van der Waals surface area contributed by atoms with Gasteiger partial charge < -0.3 is 24.8 Å². The molecule has 162 valence electrons. The molecule has 0 aliphatic carbocycles. The maximum Gasteiger partial charge on any atom is 0.315 e. The number of benzene rings is 2. The fourth-order valence-corrected chi connectivity index (χ4v) is 4.31. The number of morpholine rings is 1. The standard InChI is InChI=1S/C23H31N3O4/c1-28-21-5-4-18-12-17(2-3-19(18)13-21)14-24-23(27)25-15-22(20-6-9-30-16-20)26-7-10-29-11-8-26/h2-5,12-13,20,22H,6-11,14-16H2,1H3,(H2,24,25,27)/t20-,22+/m0/s1. The number of urea groups is 1. The lowest BCUT2D eigenvalue weighted by atomic mass is 9.97. The fraction of sp³-hybridized carbons (Fsp3) is 0.522. The number of nitrogens with zero attached hydrogens (tertiary/aromatic N) is 1. The molecule has 4 rings (SSSR count). The van der Waals surface area contributed by atoms with Gasteiger partial charge in [-0.2, -0.15) is 0 Å². The minimum atomic E-state index is -0.137. The zero-order chi connectivity index (χ0) is 20.8. The van der Waals surface area contributed by atoms with E-state index in [0.29, 0.717) is 19.0 Å². The molecule has 2 saturated heterocycles. The molecule has 0 bridgehead atoms. The molecule has 2 aliphatic heterocycles. The van der Waals surface area contributed by atoms with Gasteiger partial charge in [-0.25, -0.2) is 4.79 Å². The topological polar surface area (TPSA) is 72.1 Å². The molecule has 2 aliphatic rings. The van der Waals surface area contributed by atoms with Gasteiger partial charge in [-0.1, -0.05) is 18.2 Å². The van der Waals surface area contributed by atoms with E-state index in [4.69, 9.17) is 14.2 Å². The first kappa shape index (κ1) is 20.9. The van der Waals surface area contributed by atoms with Crippen LogP contribution in [0.2, 0.25) is 0 Å². The van der Waals surface area contributed by atoms with Crippen molar-refractivity contribution < 1.29 is 19.0 Å². The van der Waals surface area contributed by atoms with Gasteiger partial charge in [0.05, 0.1) is 26.9 Å². The normalized spacial score (nSPS) is 20.8. The summed E-state index contributed by atoms with van der Waals surface area (Å²) in [5.41, 5.74) is 1.07. The number of fused-ring (bicyclic) bond motifs is 1. The van der Waals surface area contributed by atoms with Crippen molar-refractivity contribution in [3.05, 3.63) is 42.0 Å². The Bertz CT molecular complexity index is 847. The molecular weight excluding hydrogens is 382 g/mol. The number of methoxy groups -OCH3 is 1. The average Bonchev–Trinajstić information content (AvgIpc) is 3.32. The lowest BCUT2D eigenvalue weighted by Gasteiger charge is -2.37. The first-order valence-corrected chi connectivity index (χ1v) is 10.7. The van der Waals surface area contributed by atoms with Crippen LogP contribution in [0, 0.1) is 5.92 Å². The zero-order valence-electron chi connectivity index (χ0n) is 17.6. The summed E-state index contributed by atoms with van der Waals surface area (Å²) in [6.45, 7) is 6.02. The molecule has 2 amide bonds. The van der Waals surface area contributed by atoms with Crippen LogP contribution in [-0.2, 0) is 16.0 Å². The summed E-state index contributed by atoms with van der Waals surface area (Å²) in [5, 5.41) is 8.31. The lowest BCUT2D eigenvalue weighted by Crippen LogP contribution is -2.53. The van der Waals surface area contributed by atoms with Crippen LogP contribution < -0.4 is 15.4 Å². The highest BCUT2D eigenvalue weighted by Crippen LogP contribution is 2.23. The van der Waals surface area contributed by atoms with Crippen molar-refractivity contribution in [2.24, 2.45) is 5.92 Å². The van der Waals surface area contributed by atoms with Gasteiger partial charge in [-0.3, -0.25) is 4.90 Å². The molecule has 2 heterocycles. The minimum absolute atomic E-state index is 0.137. The van der Waals surface area contributed by atoms with Crippen LogP contribution in [0.25, 0.3) is 10.8 Å². The van der Waals surface area contributed by atoms with Crippen LogP contribution in [0.1, 0.15) is 12.0 Å². The molecule has 7 heteroatoms. The van der Waals surface area contributed by atoms with E-state index >= 15 is 0 Å². The molecule has 2 N–H and O–H groups in total. The number of amides is 2. The van der Waals surface area contributed by atoms with E-state index in [2.05, 4.69) is 27.7 Å². The zero-order valence-corrected chi connectivity index (χ0v) is 17.6. The second kappa shape index (κ2) is 10.1. The molecule has 30 heavy (non-hydrogen) atoms. The molecular formula is C23H31N3O4. The van der Waals surface area contributed by atoms with Crippen LogP contribution in [-0.4, -0.2) is 70.1 Å². The first-order valence-electron chi connectivity index (χ1n) is 10.7. The number of ether oxygens (including phenoxy) is 3. The minimum Gasteiger partial charge on any atom is -0.497 e. The Hall–Kier alpha value is -2.35. The van der Waals surface area contributed by atoms with E-state index in [-0.39, 0.29) is 12.1 Å². The molecule has 0 radical (unpaired) electrons. The lowest BCUT2D eigenvalue weighted by molar-refractivity contribution is 0.00212. The van der Waals surface area contributed by atoms with Gasteiger partial charge in [0.15, 0.2) is 0 Å². The maximum absolute atomic E-state index is 12.5. The van der Waals surface area contributed by atoms with Crippen molar-refractivity contribution in [2.75, 3.05) is 53.2 Å². The smallest absolute Gasteiger partial charge is 0.315 e.